The first kappa shape index (κ1) is 11.0. The predicted octanol–water partition coefficient (Wildman–Crippen LogP) is 2.55. The molecule has 2 N–H and O–H groups in total. The summed E-state index contributed by atoms with van der Waals surface area (Å²) in [6.07, 6.45) is 0.247. The average Bonchev–Trinajstić information content (AvgIpc) is 2.61. The van der Waals surface area contributed by atoms with Crippen LogP contribution in [0.4, 0.5) is 14.5 Å². The molecule has 2 heterocycles. The van der Waals surface area contributed by atoms with Gasteiger partial charge in [0, 0.05) is 6.20 Å². The zero-order chi connectivity index (χ0) is 11.7. The minimum absolute atomic E-state index is 0.251. The van der Waals surface area contributed by atoms with Crippen molar-refractivity contribution in [3.8, 4) is 5.82 Å². The fraction of sp³-hybridized carbons (Fsp3) is 0.111. The van der Waals surface area contributed by atoms with Crippen molar-refractivity contribution in [3.05, 3.63) is 34.7 Å². The number of nitrogen functional groups attached to an aromatic ring is 1. The average molecular weight is 289 g/mol. The van der Waals surface area contributed by atoms with E-state index in [0.717, 1.165) is 0 Å². The van der Waals surface area contributed by atoms with E-state index in [1.54, 1.807) is 12.1 Å². The van der Waals surface area contributed by atoms with E-state index in [-0.39, 0.29) is 10.2 Å². The molecule has 0 radical (unpaired) electrons. The molecule has 4 nitrogen and oxygen atoms in total. The van der Waals surface area contributed by atoms with Crippen LogP contribution in [0.1, 0.15) is 12.1 Å². The Kier molecular flexibility index (Phi) is 2.86. The Morgan fingerprint density at radius 1 is 1.38 bits per heavy atom. The number of aromatic nitrogens is 3. The normalized spacial score (nSPS) is 11.0. The lowest BCUT2D eigenvalue weighted by atomic mass is 10.4. The molecule has 0 aliphatic heterocycles. The summed E-state index contributed by atoms with van der Waals surface area (Å²) in [5, 5.41) is 3.73. The van der Waals surface area contributed by atoms with Gasteiger partial charge in [-0.25, -0.2) is 18.4 Å². The van der Waals surface area contributed by atoms with E-state index in [9.17, 15) is 8.78 Å². The maximum absolute atomic E-state index is 12.5. The van der Waals surface area contributed by atoms with Crippen molar-refractivity contribution in [2.24, 2.45) is 0 Å². The second-order valence-electron chi connectivity index (χ2n) is 3.06. The van der Waals surface area contributed by atoms with Crippen LogP contribution >= 0.6 is 15.9 Å². The van der Waals surface area contributed by atoms with E-state index in [1.165, 1.54) is 17.1 Å². The summed E-state index contributed by atoms with van der Waals surface area (Å²) in [5.41, 5.74) is 5.66. The molecule has 0 aromatic carbocycles. The Hall–Kier alpha value is -1.50. The van der Waals surface area contributed by atoms with Crippen LogP contribution in [0.3, 0.4) is 0 Å². The minimum atomic E-state index is -2.62. The van der Waals surface area contributed by atoms with Gasteiger partial charge in [0.15, 0.2) is 5.82 Å². The second kappa shape index (κ2) is 4.17. The molecule has 2 aromatic rings. The lowest BCUT2D eigenvalue weighted by Crippen LogP contribution is -1.99. The van der Waals surface area contributed by atoms with Crippen LogP contribution < -0.4 is 5.73 Å². The summed E-state index contributed by atoms with van der Waals surface area (Å²) >= 11 is 3.01. The van der Waals surface area contributed by atoms with Crippen LogP contribution in [-0.4, -0.2) is 14.8 Å². The molecule has 16 heavy (non-hydrogen) atoms. The van der Waals surface area contributed by atoms with Crippen LogP contribution in [-0.2, 0) is 0 Å². The second-order valence-corrected chi connectivity index (χ2v) is 3.91. The topological polar surface area (TPSA) is 56.7 Å². The molecule has 84 valence electrons. The first-order valence-corrected chi connectivity index (χ1v) is 5.12. The molecule has 0 amide bonds. The standard InChI is InChI=1S/C9H7BrF2N4/c10-6-4-16(15-8(6)9(11)12)7-2-1-5(13)3-14-7/h1-4,9H,13H2. The van der Waals surface area contributed by atoms with E-state index in [0.29, 0.717) is 11.5 Å². The third-order valence-electron chi connectivity index (χ3n) is 1.91. The van der Waals surface area contributed by atoms with Gasteiger partial charge in [0.05, 0.1) is 16.4 Å². The Balaban J connectivity index is 2.41. The first-order chi connectivity index (χ1) is 7.58. The number of pyridine rings is 1. The fourth-order valence-electron chi connectivity index (χ4n) is 1.16. The zero-order valence-electron chi connectivity index (χ0n) is 7.94. The molecule has 7 heteroatoms. The van der Waals surface area contributed by atoms with Crippen LogP contribution in [0.25, 0.3) is 5.82 Å². The van der Waals surface area contributed by atoms with E-state index in [2.05, 4.69) is 26.0 Å². The lowest BCUT2D eigenvalue weighted by Gasteiger charge is -1.99. The van der Waals surface area contributed by atoms with Gasteiger partial charge in [-0.05, 0) is 28.1 Å². The SMILES string of the molecule is Nc1ccc(-n2cc(Br)c(C(F)F)n2)nc1. The molecular formula is C9H7BrF2N4. The smallest absolute Gasteiger partial charge is 0.283 e. The molecule has 0 bridgehead atoms. The highest BCUT2D eigenvalue weighted by molar-refractivity contribution is 9.10. The number of rotatable bonds is 2. The van der Waals surface area contributed by atoms with E-state index in [1.807, 2.05) is 0 Å². The molecule has 2 rings (SSSR count). The minimum Gasteiger partial charge on any atom is -0.397 e. The van der Waals surface area contributed by atoms with Gasteiger partial charge in [-0.2, -0.15) is 5.10 Å². The van der Waals surface area contributed by atoms with Crippen molar-refractivity contribution in [3.63, 3.8) is 0 Å². The summed E-state index contributed by atoms with van der Waals surface area (Å²) < 4.78 is 26.5. The molecule has 0 aliphatic carbocycles. The van der Waals surface area contributed by atoms with Crippen LogP contribution in [0.15, 0.2) is 29.0 Å². The number of hydrogen-bond donors (Lipinski definition) is 1. The lowest BCUT2D eigenvalue weighted by molar-refractivity contribution is 0.144. The van der Waals surface area contributed by atoms with Crippen LogP contribution in [0.2, 0.25) is 0 Å². The van der Waals surface area contributed by atoms with Crippen LogP contribution in [0.5, 0.6) is 0 Å². The largest absolute Gasteiger partial charge is 0.397 e. The van der Waals surface area contributed by atoms with Crippen molar-refractivity contribution < 1.29 is 8.78 Å². The summed E-state index contributed by atoms with van der Waals surface area (Å²) in [4.78, 5) is 3.97. The Labute approximate surface area is 98.2 Å². The van der Waals surface area contributed by atoms with Gasteiger partial charge in [0.2, 0.25) is 0 Å². The van der Waals surface area contributed by atoms with Gasteiger partial charge < -0.3 is 5.73 Å². The fourth-order valence-corrected chi connectivity index (χ4v) is 1.61. The van der Waals surface area contributed by atoms with Gasteiger partial charge in [-0.1, -0.05) is 0 Å². The van der Waals surface area contributed by atoms with Gasteiger partial charge >= 0.3 is 0 Å². The number of nitrogens with zero attached hydrogens (tertiary/aromatic N) is 3. The molecule has 2 aromatic heterocycles. The number of halogens is 3. The summed E-state index contributed by atoms with van der Waals surface area (Å²) in [6.45, 7) is 0. The van der Waals surface area contributed by atoms with E-state index in [4.69, 9.17) is 5.73 Å². The quantitative estimate of drug-likeness (QED) is 0.924. The van der Waals surface area contributed by atoms with Gasteiger partial charge in [-0.15, -0.1) is 0 Å². The Morgan fingerprint density at radius 2 is 2.12 bits per heavy atom. The molecule has 0 fully saturated rings. The van der Waals surface area contributed by atoms with E-state index >= 15 is 0 Å². The molecule has 0 saturated carbocycles. The Morgan fingerprint density at radius 3 is 2.62 bits per heavy atom. The van der Waals surface area contributed by atoms with Crippen molar-refractivity contribution in [1.82, 2.24) is 14.8 Å². The molecule has 0 atom stereocenters. The monoisotopic (exact) mass is 288 g/mol. The predicted molar refractivity (Wildman–Crippen MR) is 58.4 cm³/mol. The van der Waals surface area contributed by atoms with Crippen LogP contribution in [0, 0.1) is 0 Å². The molecule has 0 aliphatic rings. The number of nitrogens with two attached hydrogens (primary N) is 1. The zero-order valence-corrected chi connectivity index (χ0v) is 9.53. The van der Waals surface area contributed by atoms with E-state index < -0.39 is 6.43 Å². The summed E-state index contributed by atoms with van der Waals surface area (Å²) in [7, 11) is 0. The number of alkyl halides is 2. The molecule has 0 spiro atoms. The molecule has 0 saturated heterocycles. The van der Waals surface area contributed by atoms with Crippen molar-refractivity contribution in [2.75, 3.05) is 5.73 Å². The highest BCUT2D eigenvalue weighted by atomic mass is 79.9. The third kappa shape index (κ3) is 2.04. The van der Waals surface area contributed by atoms with Crippen molar-refractivity contribution in [2.45, 2.75) is 6.43 Å². The third-order valence-corrected chi connectivity index (χ3v) is 2.52. The van der Waals surface area contributed by atoms with Crippen molar-refractivity contribution in [1.29, 1.82) is 0 Å². The van der Waals surface area contributed by atoms with Gasteiger partial charge in [-0.3, -0.25) is 0 Å². The highest BCUT2D eigenvalue weighted by Crippen LogP contribution is 2.26. The number of hydrogen-bond acceptors (Lipinski definition) is 3. The summed E-state index contributed by atoms with van der Waals surface area (Å²) in [6, 6.07) is 3.23. The first-order valence-electron chi connectivity index (χ1n) is 4.33. The maximum Gasteiger partial charge on any atom is 0.283 e. The van der Waals surface area contributed by atoms with Gasteiger partial charge in [0.1, 0.15) is 5.69 Å². The van der Waals surface area contributed by atoms with Crippen molar-refractivity contribution >= 4 is 21.6 Å². The Bertz CT molecular complexity index is 495. The highest BCUT2D eigenvalue weighted by Gasteiger charge is 2.17. The molecular weight excluding hydrogens is 282 g/mol. The summed E-state index contributed by atoms with van der Waals surface area (Å²) in [5.74, 6) is 0.432. The molecule has 0 unspecified atom stereocenters. The maximum atomic E-state index is 12.5. The van der Waals surface area contributed by atoms with Gasteiger partial charge in [0.25, 0.3) is 6.43 Å². The number of anilines is 1.